The minimum absolute atomic E-state index is 0.0535. The zero-order valence-corrected chi connectivity index (χ0v) is 33.9. The maximum atomic E-state index is 6.53. The van der Waals surface area contributed by atoms with Gasteiger partial charge in [-0.25, -0.2) is 9.97 Å². The number of hydrogen-bond acceptors (Lipinski definition) is 4. The summed E-state index contributed by atoms with van der Waals surface area (Å²) in [6.45, 7) is 13.8. The van der Waals surface area contributed by atoms with Gasteiger partial charge in [0.2, 0.25) is 11.6 Å². The van der Waals surface area contributed by atoms with Crippen LogP contribution in [0.2, 0.25) is 0 Å². The van der Waals surface area contributed by atoms with Gasteiger partial charge >= 0.3 is 0 Å². The fraction of sp³-hybridized carbons (Fsp3) is 0.154. The van der Waals surface area contributed by atoms with E-state index in [1.54, 1.807) is 0 Å². The molecule has 0 spiro atoms. The number of rotatable bonds is 0. The summed E-state index contributed by atoms with van der Waals surface area (Å²) >= 11 is 0. The molecule has 0 saturated carbocycles. The molecule has 60 heavy (non-hydrogen) atoms. The summed E-state index contributed by atoms with van der Waals surface area (Å²) in [5.41, 5.74) is 16.8. The number of benzene rings is 7. The molecule has 15 rings (SSSR count). The molecule has 0 N–H and O–H groups in total. The van der Waals surface area contributed by atoms with E-state index in [4.69, 9.17) is 18.8 Å². The monoisotopic (exact) mass is 776 g/mol. The van der Waals surface area contributed by atoms with Crippen molar-refractivity contribution in [2.75, 3.05) is 0 Å². The van der Waals surface area contributed by atoms with Crippen molar-refractivity contribution < 1.29 is 8.83 Å². The molecule has 0 aliphatic heterocycles. The van der Waals surface area contributed by atoms with E-state index in [2.05, 4.69) is 144 Å². The zero-order valence-electron chi connectivity index (χ0n) is 33.9. The van der Waals surface area contributed by atoms with E-state index in [1.807, 2.05) is 24.3 Å². The van der Waals surface area contributed by atoms with E-state index in [0.717, 1.165) is 111 Å². The van der Waals surface area contributed by atoms with Crippen LogP contribution in [-0.4, -0.2) is 27.6 Å². The quantitative estimate of drug-likeness (QED) is 0.154. The molecule has 8 heteroatoms. The van der Waals surface area contributed by atoms with Crippen LogP contribution >= 0.6 is 0 Å². The third kappa shape index (κ3) is 3.51. The standard InChI is InChI=1S/C52H36N6O2/c1-51(2,3)25-15-17-35-31(19-25)43-45-48(58-38-24-42-30(22-34(38)53-49(58)55(35)45)28-12-8-10-14-40(28)60-42)44-32-20-26(52(4,5)6)16-18-36(32)56-46(44)47(43)57-37-23-41-29(21-33(37)54-50(56)57)27-11-7-9-13-39(27)59-41/h7-24H,1-6H3. The largest absolute Gasteiger partial charge is 0.456 e. The third-order valence-electron chi connectivity index (χ3n) is 13.7. The van der Waals surface area contributed by atoms with E-state index in [-0.39, 0.29) is 10.8 Å². The summed E-state index contributed by atoms with van der Waals surface area (Å²) in [4.78, 5) is 11.1. The highest BCUT2D eigenvalue weighted by Gasteiger charge is 2.33. The van der Waals surface area contributed by atoms with Gasteiger partial charge in [-0.1, -0.05) is 90.1 Å². The fourth-order valence-electron chi connectivity index (χ4n) is 10.8. The van der Waals surface area contributed by atoms with Crippen molar-refractivity contribution in [1.82, 2.24) is 27.6 Å². The first kappa shape index (κ1) is 31.6. The molecule has 0 amide bonds. The Kier molecular flexibility index (Phi) is 5.14. The summed E-state index contributed by atoms with van der Waals surface area (Å²) in [6, 6.07) is 39.5. The predicted octanol–water partition coefficient (Wildman–Crippen LogP) is 13.7. The summed E-state index contributed by atoms with van der Waals surface area (Å²) in [5.74, 6) is 1.79. The molecular formula is C52H36N6O2. The molecule has 0 bridgehead atoms. The minimum Gasteiger partial charge on any atom is -0.456 e. The Labute approximate surface area is 340 Å². The van der Waals surface area contributed by atoms with Crippen LogP contribution in [0.1, 0.15) is 52.7 Å². The number of imidazole rings is 4. The SMILES string of the molecule is CC(C)(C)c1ccc2c(c1)c1c3c4c(c5cc(C(C)(C)C)ccc5n4c4nc5cc6c(cc5n34)oc3ccccc36)c3c1n2c1nc2cc4c(cc2n31)oc1ccccc14. The second-order valence-electron chi connectivity index (χ2n) is 19.1. The Balaban J connectivity index is 1.24. The van der Waals surface area contributed by atoms with Crippen molar-refractivity contribution in [2.45, 2.75) is 52.4 Å². The van der Waals surface area contributed by atoms with Crippen LogP contribution in [0, 0.1) is 0 Å². The van der Waals surface area contributed by atoms with Gasteiger partial charge in [0.15, 0.2) is 0 Å². The Hall–Kier alpha value is -7.32. The van der Waals surface area contributed by atoms with E-state index in [0.29, 0.717) is 0 Å². The predicted molar refractivity (Wildman–Crippen MR) is 245 cm³/mol. The van der Waals surface area contributed by atoms with Crippen LogP contribution in [0.15, 0.2) is 118 Å². The van der Waals surface area contributed by atoms with Crippen molar-refractivity contribution >= 4 is 132 Å². The van der Waals surface area contributed by atoms with Crippen molar-refractivity contribution in [2.24, 2.45) is 0 Å². The van der Waals surface area contributed by atoms with Gasteiger partial charge < -0.3 is 8.83 Å². The molecule has 286 valence electrons. The van der Waals surface area contributed by atoms with Gasteiger partial charge in [0.05, 0.1) is 55.2 Å². The van der Waals surface area contributed by atoms with Crippen LogP contribution < -0.4 is 0 Å². The molecule has 8 heterocycles. The number of para-hydroxylation sites is 2. The molecule has 0 radical (unpaired) electrons. The molecular weight excluding hydrogens is 741 g/mol. The maximum absolute atomic E-state index is 6.53. The summed E-state index contributed by atoms with van der Waals surface area (Å²) in [6.07, 6.45) is 0. The molecule has 0 aliphatic rings. The second-order valence-corrected chi connectivity index (χ2v) is 19.1. The van der Waals surface area contributed by atoms with Crippen molar-refractivity contribution in [3.8, 4) is 0 Å². The van der Waals surface area contributed by atoms with Crippen molar-refractivity contribution in [3.63, 3.8) is 0 Å². The Bertz CT molecular complexity index is 4150. The van der Waals surface area contributed by atoms with Crippen LogP contribution in [0.25, 0.3) is 132 Å². The first-order valence-corrected chi connectivity index (χ1v) is 20.8. The molecule has 8 nitrogen and oxygen atoms in total. The zero-order chi connectivity index (χ0) is 39.9. The van der Waals surface area contributed by atoms with Gasteiger partial charge in [0.1, 0.15) is 22.3 Å². The molecule has 0 aliphatic carbocycles. The Morgan fingerprint density at radius 3 is 1.20 bits per heavy atom. The number of fused-ring (bicyclic) bond motifs is 24. The third-order valence-corrected chi connectivity index (χ3v) is 13.7. The average molecular weight is 777 g/mol. The van der Waals surface area contributed by atoms with E-state index >= 15 is 0 Å². The molecule has 0 atom stereocenters. The van der Waals surface area contributed by atoms with Gasteiger partial charge in [0.25, 0.3) is 0 Å². The lowest BCUT2D eigenvalue weighted by atomic mass is 9.86. The Morgan fingerprint density at radius 1 is 0.383 bits per heavy atom. The summed E-state index contributed by atoms with van der Waals surface area (Å²) in [5, 5.41) is 9.17. The molecule has 0 fully saturated rings. The summed E-state index contributed by atoms with van der Waals surface area (Å²) < 4.78 is 22.7. The van der Waals surface area contributed by atoms with E-state index < -0.39 is 0 Å². The number of aromatic nitrogens is 6. The highest BCUT2D eigenvalue weighted by atomic mass is 16.3. The van der Waals surface area contributed by atoms with Gasteiger partial charge in [-0.3, -0.25) is 17.6 Å². The number of furan rings is 2. The first-order chi connectivity index (χ1) is 29.0. The fourth-order valence-corrected chi connectivity index (χ4v) is 10.8. The average Bonchev–Trinajstić information content (AvgIpc) is 4.09. The molecule has 0 saturated heterocycles. The smallest absolute Gasteiger partial charge is 0.220 e. The number of hydrogen-bond donors (Lipinski definition) is 0. The van der Waals surface area contributed by atoms with Gasteiger partial charge in [-0.15, -0.1) is 0 Å². The van der Waals surface area contributed by atoms with Crippen LogP contribution in [0.4, 0.5) is 0 Å². The van der Waals surface area contributed by atoms with Crippen molar-refractivity contribution in [3.05, 3.63) is 120 Å². The maximum Gasteiger partial charge on any atom is 0.220 e. The normalized spacial score (nSPS) is 13.8. The highest BCUT2D eigenvalue weighted by Crippen LogP contribution is 2.50. The van der Waals surface area contributed by atoms with E-state index in [9.17, 15) is 0 Å². The number of nitrogens with zero attached hydrogens (tertiary/aromatic N) is 6. The van der Waals surface area contributed by atoms with Crippen molar-refractivity contribution in [1.29, 1.82) is 0 Å². The lowest BCUT2D eigenvalue weighted by molar-refractivity contribution is 0.591. The van der Waals surface area contributed by atoms with Crippen LogP contribution in [-0.2, 0) is 10.8 Å². The Morgan fingerprint density at radius 2 is 0.783 bits per heavy atom. The molecule has 8 aromatic heterocycles. The lowest BCUT2D eigenvalue weighted by Crippen LogP contribution is -2.10. The van der Waals surface area contributed by atoms with Crippen LogP contribution in [0.3, 0.4) is 0 Å². The summed E-state index contributed by atoms with van der Waals surface area (Å²) in [7, 11) is 0. The second kappa shape index (κ2) is 9.75. The van der Waals surface area contributed by atoms with E-state index in [1.165, 1.54) is 32.7 Å². The minimum atomic E-state index is -0.0535. The van der Waals surface area contributed by atoms with Gasteiger partial charge in [-0.2, -0.15) is 0 Å². The topological polar surface area (TPSA) is 69.7 Å². The molecule has 0 unspecified atom stereocenters. The lowest BCUT2D eigenvalue weighted by Gasteiger charge is -2.19. The molecule has 15 aromatic rings. The molecule has 7 aromatic carbocycles. The van der Waals surface area contributed by atoms with Gasteiger partial charge in [0, 0.05) is 55.2 Å². The van der Waals surface area contributed by atoms with Crippen LogP contribution in [0.5, 0.6) is 0 Å². The highest BCUT2D eigenvalue weighted by molar-refractivity contribution is 6.37. The van der Waals surface area contributed by atoms with Gasteiger partial charge in [-0.05, 0) is 70.5 Å². The first-order valence-electron chi connectivity index (χ1n) is 20.8.